The van der Waals surface area contributed by atoms with Crippen LogP contribution in [0.15, 0.2) is 41.6 Å². The van der Waals surface area contributed by atoms with Crippen molar-refractivity contribution in [3.63, 3.8) is 0 Å². The van der Waals surface area contributed by atoms with Gasteiger partial charge in [-0.15, -0.1) is 0 Å². The van der Waals surface area contributed by atoms with E-state index in [9.17, 15) is 4.79 Å². The first kappa shape index (κ1) is 12.9. The van der Waals surface area contributed by atoms with Crippen LogP contribution >= 0.6 is 0 Å². The number of hydrogen-bond donors (Lipinski definition) is 0. The van der Waals surface area contributed by atoms with Crippen molar-refractivity contribution in [2.75, 3.05) is 11.4 Å². The van der Waals surface area contributed by atoms with E-state index < -0.39 is 0 Å². The molecule has 1 atom stereocenters. The smallest absolute Gasteiger partial charge is 0.155 e. The van der Waals surface area contributed by atoms with Gasteiger partial charge in [0, 0.05) is 24.4 Å². The molecule has 0 aromatic heterocycles. The lowest BCUT2D eigenvalue weighted by Gasteiger charge is -2.32. The number of rotatable bonds is 1. The van der Waals surface area contributed by atoms with E-state index in [-0.39, 0.29) is 0 Å². The number of ketones is 1. The molecule has 108 valence electrons. The molecular formula is C19H21NO. The largest absolute Gasteiger partial charge is 0.345 e. The highest BCUT2D eigenvalue weighted by Gasteiger charge is 2.28. The lowest BCUT2D eigenvalue weighted by molar-refractivity contribution is -0.115. The second kappa shape index (κ2) is 4.87. The molecule has 0 amide bonds. The summed E-state index contributed by atoms with van der Waals surface area (Å²) in [5.74, 6) is 0.919. The van der Waals surface area contributed by atoms with Crippen LogP contribution in [-0.4, -0.2) is 12.3 Å². The Balaban J connectivity index is 1.68. The summed E-state index contributed by atoms with van der Waals surface area (Å²) in [5, 5.41) is 0. The van der Waals surface area contributed by atoms with Crippen LogP contribution in [-0.2, 0) is 11.2 Å². The fourth-order valence-electron chi connectivity index (χ4n) is 3.96. The van der Waals surface area contributed by atoms with Gasteiger partial charge in [0.25, 0.3) is 0 Å². The minimum Gasteiger partial charge on any atom is -0.345 e. The molecule has 0 saturated heterocycles. The molecular weight excluding hydrogens is 258 g/mol. The molecule has 0 spiro atoms. The summed E-state index contributed by atoms with van der Waals surface area (Å²) >= 11 is 0. The zero-order valence-corrected chi connectivity index (χ0v) is 12.6. The minimum absolute atomic E-state index is 0.302. The minimum atomic E-state index is 0.302. The quantitative estimate of drug-likeness (QED) is 0.776. The van der Waals surface area contributed by atoms with Gasteiger partial charge in [-0.1, -0.05) is 17.7 Å². The summed E-state index contributed by atoms with van der Waals surface area (Å²) in [6.45, 7) is 3.24. The average Bonchev–Trinajstić information content (AvgIpc) is 2.89. The van der Waals surface area contributed by atoms with Gasteiger partial charge >= 0.3 is 0 Å². The summed E-state index contributed by atoms with van der Waals surface area (Å²) in [5.41, 5.74) is 6.84. The molecule has 1 heterocycles. The molecule has 0 N–H and O–H groups in total. The number of carbonyl (C=O) groups is 1. The van der Waals surface area contributed by atoms with Gasteiger partial charge in [-0.2, -0.15) is 0 Å². The van der Waals surface area contributed by atoms with Crippen LogP contribution in [0.25, 0.3) is 0 Å². The summed E-state index contributed by atoms with van der Waals surface area (Å²) < 4.78 is 0. The van der Waals surface area contributed by atoms with E-state index in [0.29, 0.717) is 11.7 Å². The predicted molar refractivity (Wildman–Crippen MR) is 85.4 cm³/mol. The van der Waals surface area contributed by atoms with Gasteiger partial charge in [0.05, 0.1) is 0 Å². The number of anilines is 1. The Kier molecular flexibility index (Phi) is 2.99. The topological polar surface area (TPSA) is 20.3 Å². The maximum absolute atomic E-state index is 11.7. The number of carbonyl (C=O) groups excluding carboxylic acids is 1. The van der Waals surface area contributed by atoms with Crippen LogP contribution in [0.5, 0.6) is 0 Å². The second-order valence-corrected chi connectivity index (χ2v) is 6.55. The molecule has 0 fully saturated rings. The van der Waals surface area contributed by atoms with Crippen molar-refractivity contribution in [2.24, 2.45) is 5.92 Å². The van der Waals surface area contributed by atoms with E-state index >= 15 is 0 Å². The monoisotopic (exact) mass is 279 g/mol. The van der Waals surface area contributed by atoms with Gasteiger partial charge in [-0.25, -0.2) is 0 Å². The van der Waals surface area contributed by atoms with Gasteiger partial charge in [0.1, 0.15) is 0 Å². The molecule has 21 heavy (non-hydrogen) atoms. The first-order valence-corrected chi connectivity index (χ1v) is 8.03. The van der Waals surface area contributed by atoms with Crippen LogP contribution in [0.4, 0.5) is 5.69 Å². The van der Waals surface area contributed by atoms with Crippen LogP contribution in [0.1, 0.15) is 36.8 Å². The third-order valence-electron chi connectivity index (χ3n) is 5.10. The average molecular weight is 279 g/mol. The number of fused-ring (bicyclic) bond motifs is 2. The van der Waals surface area contributed by atoms with Crippen molar-refractivity contribution in [1.82, 2.24) is 0 Å². The Bertz CT molecular complexity index is 668. The second-order valence-electron chi connectivity index (χ2n) is 6.55. The normalized spacial score (nSPS) is 24.3. The molecule has 0 radical (unpaired) electrons. The van der Waals surface area contributed by atoms with Crippen LogP contribution in [0, 0.1) is 12.8 Å². The van der Waals surface area contributed by atoms with Gasteiger partial charge in [-0.05, 0) is 67.9 Å². The lowest BCUT2D eigenvalue weighted by atomic mass is 9.79. The van der Waals surface area contributed by atoms with Crippen LogP contribution in [0.3, 0.4) is 0 Å². The third-order valence-corrected chi connectivity index (χ3v) is 5.10. The Morgan fingerprint density at radius 1 is 1.10 bits per heavy atom. The molecule has 3 aliphatic rings. The Labute approximate surface area is 126 Å². The third kappa shape index (κ3) is 2.23. The lowest BCUT2D eigenvalue weighted by Crippen LogP contribution is -2.25. The molecule has 1 aliphatic heterocycles. The molecule has 2 nitrogen and oxygen atoms in total. The van der Waals surface area contributed by atoms with Crippen LogP contribution < -0.4 is 4.90 Å². The summed E-state index contributed by atoms with van der Waals surface area (Å²) in [6, 6.07) is 6.77. The molecule has 4 rings (SSSR count). The van der Waals surface area contributed by atoms with Crippen molar-refractivity contribution in [2.45, 2.75) is 39.0 Å². The Morgan fingerprint density at radius 2 is 1.95 bits per heavy atom. The maximum Gasteiger partial charge on any atom is 0.155 e. The summed E-state index contributed by atoms with van der Waals surface area (Å²) in [4.78, 5) is 14.1. The van der Waals surface area contributed by atoms with Crippen LogP contribution in [0.2, 0.25) is 0 Å². The number of hydrogen-bond acceptors (Lipinski definition) is 2. The molecule has 0 bridgehead atoms. The van der Waals surface area contributed by atoms with E-state index in [1.807, 2.05) is 6.08 Å². The van der Waals surface area contributed by atoms with Crippen molar-refractivity contribution < 1.29 is 4.79 Å². The number of allylic oxidation sites excluding steroid dienone is 4. The summed E-state index contributed by atoms with van der Waals surface area (Å²) in [7, 11) is 0. The van der Waals surface area contributed by atoms with E-state index in [2.05, 4.69) is 36.1 Å². The van der Waals surface area contributed by atoms with Crippen molar-refractivity contribution >= 4 is 11.5 Å². The maximum atomic E-state index is 11.7. The highest BCUT2D eigenvalue weighted by Crippen LogP contribution is 2.39. The van der Waals surface area contributed by atoms with Gasteiger partial charge in [0.2, 0.25) is 0 Å². The predicted octanol–water partition coefficient (Wildman–Crippen LogP) is 3.94. The Morgan fingerprint density at radius 3 is 2.86 bits per heavy atom. The van der Waals surface area contributed by atoms with E-state index in [4.69, 9.17) is 0 Å². The zero-order chi connectivity index (χ0) is 14.4. The van der Waals surface area contributed by atoms with Gasteiger partial charge in [0.15, 0.2) is 5.78 Å². The molecule has 1 aromatic rings. The van der Waals surface area contributed by atoms with Gasteiger partial charge in [-0.3, -0.25) is 4.79 Å². The van der Waals surface area contributed by atoms with Gasteiger partial charge < -0.3 is 4.90 Å². The summed E-state index contributed by atoms with van der Waals surface area (Å²) in [6.07, 6.45) is 9.44. The van der Waals surface area contributed by atoms with E-state index in [1.165, 1.54) is 34.5 Å². The molecule has 2 aliphatic carbocycles. The number of aryl methyl sites for hydroxylation is 1. The molecule has 1 unspecified atom stereocenters. The first-order valence-electron chi connectivity index (χ1n) is 8.03. The van der Waals surface area contributed by atoms with Crippen molar-refractivity contribution in [3.05, 3.63) is 52.7 Å². The fourth-order valence-corrected chi connectivity index (χ4v) is 3.96. The molecule has 1 aromatic carbocycles. The van der Waals surface area contributed by atoms with E-state index in [1.54, 1.807) is 0 Å². The van der Waals surface area contributed by atoms with E-state index in [0.717, 1.165) is 32.2 Å². The molecule has 2 heteroatoms. The number of nitrogens with zero attached hydrogens (tertiary/aromatic N) is 1. The fraction of sp³-hybridized carbons (Fsp3) is 0.421. The molecule has 0 saturated carbocycles. The first-order chi connectivity index (χ1) is 10.2. The zero-order valence-electron chi connectivity index (χ0n) is 12.6. The Hall–Kier alpha value is -1.83. The number of benzene rings is 1. The highest BCUT2D eigenvalue weighted by atomic mass is 16.1. The standard InChI is InChI=1S/C19H21NO/c1-13-2-7-19-15(10-13)8-9-20(19)17-5-3-14-4-6-18(21)12-16(14)11-17/h2,7,10-12,14H,3-6,8-9H2,1H3. The SMILES string of the molecule is Cc1ccc2c(c1)CCN2C1=CC2=CC(=O)CCC2CC1. The van der Waals surface area contributed by atoms with Crippen molar-refractivity contribution in [1.29, 1.82) is 0 Å². The highest BCUT2D eigenvalue weighted by molar-refractivity contribution is 5.92. The van der Waals surface area contributed by atoms with Crippen molar-refractivity contribution in [3.8, 4) is 0 Å².